The highest BCUT2D eigenvalue weighted by Crippen LogP contribution is 2.33. The van der Waals surface area contributed by atoms with E-state index in [9.17, 15) is 20.1 Å². The summed E-state index contributed by atoms with van der Waals surface area (Å²) in [5, 5.41) is 32.1. The average molecular weight is 449 g/mol. The van der Waals surface area contributed by atoms with Crippen LogP contribution in [0.5, 0.6) is 0 Å². The first-order chi connectivity index (χ1) is 14.8. The molecule has 0 amide bonds. The molecule has 2 aromatic rings. The van der Waals surface area contributed by atoms with Gasteiger partial charge in [-0.25, -0.2) is 15.0 Å². The lowest BCUT2D eigenvalue weighted by atomic mass is 10.1. The van der Waals surface area contributed by atoms with Gasteiger partial charge >= 0.3 is 0 Å². The number of nitrogens with two attached hydrogens (primary N) is 2. The Morgan fingerprint density at radius 3 is 2.90 bits per heavy atom. The van der Waals surface area contributed by atoms with E-state index in [1.165, 1.54) is 17.2 Å². The summed E-state index contributed by atoms with van der Waals surface area (Å²) < 4.78 is 7.48. The average Bonchev–Trinajstić information content (AvgIpc) is 3.29. The van der Waals surface area contributed by atoms with Gasteiger partial charge in [-0.05, 0) is 23.0 Å². The number of anilines is 1. The normalized spacial score (nSPS) is 25.6. The molecular weight excluding hydrogens is 424 g/mol. The van der Waals surface area contributed by atoms with Crippen molar-refractivity contribution in [1.82, 2.24) is 19.5 Å². The molecule has 1 aliphatic rings. The molecule has 0 spiro atoms. The molecule has 0 radical (unpaired) electrons. The number of carboxylic acid groups (broad SMARTS) is 1. The first kappa shape index (κ1) is 23.0. The molecule has 12 heteroatoms. The van der Waals surface area contributed by atoms with Gasteiger partial charge in [0.15, 0.2) is 17.7 Å². The van der Waals surface area contributed by atoms with Gasteiger partial charge < -0.3 is 36.3 Å². The Kier molecular flexibility index (Phi) is 7.47. The zero-order chi connectivity index (χ0) is 22.5. The smallest absolute Gasteiger partial charge is 0.167 e. The summed E-state index contributed by atoms with van der Waals surface area (Å²) in [5.74, 6) is 2.71. The molecule has 166 valence electrons. The van der Waals surface area contributed by atoms with E-state index < -0.39 is 47.4 Å². The maximum absolute atomic E-state index is 10.9. The number of terminal acetylenes is 1. The number of aliphatic hydroxyl groups excluding tert-OH is 2. The Morgan fingerprint density at radius 2 is 2.19 bits per heavy atom. The van der Waals surface area contributed by atoms with Gasteiger partial charge in [0, 0.05) is 12.5 Å². The van der Waals surface area contributed by atoms with Crippen molar-refractivity contribution in [2.24, 2.45) is 5.73 Å². The van der Waals surface area contributed by atoms with Crippen LogP contribution in [0.4, 0.5) is 5.82 Å². The number of rotatable bonds is 9. The number of aromatic nitrogens is 4. The standard InChI is InChI=1S/C19H24N6O5S/c1-2-3-4-6-31(7-5-11(20)19(28)29)8-12-14(26)15(27)18(30-12)25-10-24-13-16(21)22-9-23-17(13)25/h1,3-4,9-12,14-15,18,26-27H,5-8,20H2,(H2-,21,22,23,28,29)/t11-,12+,14+,15+,18+,31?/m0/s1. The topological polar surface area (TPSA) is 185 Å². The minimum Gasteiger partial charge on any atom is -0.548 e. The summed E-state index contributed by atoms with van der Waals surface area (Å²) in [6, 6.07) is -1.08. The number of aliphatic carboxylic acids is 1. The van der Waals surface area contributed by atoms with Crippen LogP contribution in [0.1, 0.15) is 12.6 Å². The van der Waals surface area contributed by atoms with Crippen molar-refractivity contribution in [3.8, 4) is 12.3 Å². The fraction of sp³-hybridized carbons (Fsp3) is 0.474. The Bertz CT molecular complexity index is 992. The van der Waals surface area contributed by atoms with E-state index in [1.807, 2.05) is 0 Å². The van der Waals surface area contributed by atoms with Gasteiger partial charge in [-0.2, -0.15) is 0 Å². The summed E-state index contributed by atoms with van der Waals surface area (Å²) in [6.07, 6.45) is 7.51. The van der Waals surface area contributed by atoms with Crippen LogP contribution in [-0.4, -0.2) is 77.3 Å². The quantitative estimate of drug-likeness (QED) is 0.232. The van der Waals surface area contributed by atoms with E-state index in [0.29, 0.717) is 28.4 Å². The summed E-state index contributed by atoms with van der Waals surface area (Å²) in [4.78, 5) is 23.1. The lowest BCUT2D eigenvalue weighted by Crippen LogP contribution is -2.43. The first-order valence-corrected chi connectivity index (χ1v) is 11.2. The second-order valence-electron chi connectivity index (χ2n) is 7.06. The number of fused-ring (bicyclic) bond motifs is 1. The lowest BCUT2D eigenvalue weighted by Gasteiger charge is -2.17. The molecule has 1 unspecified atom stereocenters. The predicted molar refractivity (Wildman–Crippen MR) is 113 cm³/mol. The third kappa shape index (κ3) is 5.15. The predicted octanol–water partition coefficient (Wildman–Crippen LogP) is -2.70. The van der Waals surface area contributed by atoms with Crippen molar-refractivity contribution in [3.63, 3.8) is 0 Å². The maximum Gasteiger partial charge on any atom is 0.167 e. The molecule has 0 aromatic carbocycles. The minimum atomic E-state index is -1.32. The second kappa shape index (κ2) is 10.1. The van der Waals surface area contributed by atoms with E-state index in [1.54, 1.807) is 12.2 Å². The van der Waals surface area contributed by atoms with Gasteiger partial charge in [-0.1, -0.05) is 5.92 Å². The number of hydrogen-bond acceptors (Lipinski definition) is 10. The van der Waals surface area contributed by atoms with Crippen LogP contribution in [0, 0.1) is 12.3 Å². The number of nitrogens with zero attached hydrogens (tertiary/aromatic N) is 4. The van der Waals surface area contributed by atoms with E-state index in [-0.39, 0.29) is 12.2 Å². The van der Waals surface area contributed by atoms with Gasteiger partial charge in [0.1, 0.15) is 47.4 Å². The van der Waals surface area contributed by atoms with Crippen molar-refractivity contribution in [2.75, 3.05) is 23.0 Å². The summed E-state index contributed by atoms with van der Waals surface area (Å²) in [7, 11) is -0.401. The van der Waals surface area contributed by atoms with Crippen LogP contribution in [-0.2, 0) is 20.4 Å². The molecule has 3 rings (SSSR count). The molecule has 11 nitrogen and oxygen atoms in total. The number of hydrogen-bond donors (Lipinski definition) is 4. The summed E-state index contributed by atoms with van der Waals surface area (Å²) in [5.41, 5.74) is 12.1. The minimum absolute atomic E-state index is 0.194. The third-order valence-corrected chi connectivity index (χ3v) is 7.24. The van der Waals surface area contributed by atoms with Crippen LogP contribution in [0.2, 0.25) is 0 Å². The molecule has 6 atom stereocenters. The van der Waals surface area contributed by atoms with Crippen LogP contribution in [0.3, 0.4) is 0 Å². The van der Waals surface area contributed by atoms with Crippen LogP contribution in [0.25, 0.3) is 11.2 Å². The number of allylic oxidation sites excluding steroid dienone is 1. The van der Waals surface area contributed by atoms with Crippen LogP contribution >= 0.6 is 0 Å². The third-order valence-electron chi connectivity index (χ3n) is 4.96. The van der Waals surface area contributed by atoms with Gasteiger partial charge in [0.25, 0.3) is 0 Å². The van der Waals surface area contributed by atoms with Crippen molar-refractivity contribution >= 4 is 33.8 Å². The SMILES string of the molecule is C#CC=CC[S+](CC[C@H](N)C(=O)[O-])C[C@H]1O[C@@H](n2cnc3c(N)ncnc32)[C@H](O)[C@@H]1O. The monoisotopic (exact) mass is 448 g/mol. The van der Waals surface area contributed by atoms with Gasteiger partial charge in [-0.3, -0.25) is 4.57 Å². The zero-order valence-corrected chi connectivity index (χ0v) is 17.4. The van der Waals surface area contributed by atoms with E-state index in [0.717, 1.165) is 0 Å². The lowest BCUT2D eigenvalue weighted by molar-refractivity contribution is -0.307. The number of nitrogen functional groups attached to an aromatic ring is 1. The highest BCUT2D eigenvalue weighted by molar-refractivity contribution is 7.97. The molecule has 2 aromatic heterocycles. The van der Waals surface area contributed by atoms with Crippen molar-refractivity contribution in [1.29, 1.82) is 0 Å². The Hall–Kier alpha value is -2.69. The highest BCUT2D eigenvalue weighted by atomic mass is 32.2. The zero-order valence-electron chi connectivity index (χ0n) is 16.6. The highest BCUT2D eigenvalue weighted by Gasteiger charge is 2.47. The first-order valence-electron chi connectivity index (χ1n) is 9.49. The fourth-order valence-electron chi connectivity index (χ4n) is 3.28. The number of imidazole rings is 1. The number of carboxylic acids is 1. The second-order valence-corrected chi connectivity index (χ2v) is 9.36. The van der Waals surface area contributed by atoms with Crippen molar-refractivity contribution in [2.45, 2.75) is 37.0 Å². The Morgan fingerprint density at radius 1 is 1.42 bits per heavy atom. The largest absolute Gasteiger partial charge is 0.548 e. The number of carbonyl (C=O) groups excluding carboxylic acids is 1. The maximum atomic E-state index is 10.9. The molecule has 3 heterocycles. The van der Waals surface area contributed by atoms with Crippen molar-refractivity contribution in [3.05, 3.63) is 24.8 Å². The van der Waals surface area contributed by atoms with E-state index >= 15 is 0 Å². The Balaban J connectivity index is 1.74. The number of aliphatic hydroxyl groups is 2. The van der Waals surface area contributed by atoms with Gasteiger partial charge in [0.05, 0.1) is 12.3 Å². The Labute approximate surface area is 181 Å². The molecular formula is C19H24N6O5S. The molecule has 0 aliphatic carbocycles. The molecule has 1 fully saturated rings. The summed E-state index contributed by atoms with van der Waals surface area (Å²) in [6.45, 7) is 0. The molecule has 6 N–H and O–H groups in total. The van der Waals surface area contributed by atoms with E-state index in [2.05, 4.69) is 20.9 Å². The molecule has 0 bridgehead atoms. The van der Waals surface area contributed by atoms with Gasteiger partial charge in [-0.15, -0.1) is 6.42 Å². The van der Waals surface area contributed by atoms with Gasteiger partial charge in [0.2, 0.25) is 0 Å². The molecule has 1 saturated heterocycles. The molecule has 1 aliphatic heterocycles. The van der Waals surface area contributed by atoms with E-state index in [4.69, 9.17) is 22.6 Å². The number of carbonyl (C=O) groups is 1. The van der Waals surface area contributed by atoms with Crippen molar-refractivity contribution < 1.29 is 24.9 Å². The fourth-order valence-corrected chi connectivity index (χ4v) is 5.45. The molecule has 31 heavy (non-hydrogen) atoms. The molecule has 0 saturated carbocycles. The number of ether oxygens (including phenoxy) is 1. The summed E-state index contributed by atoms with van der Waals surface area (Å²) >= 11 is 0. The van der Waals surface area contributed by atoms with Crippen LogP contribution < -0.4 is 16.6 Å². The van der Waals surface area contributed by atoms with Crippen LogP contribution in [0.15, 0.2) is 24.8 Å².